The molecular formula is C17H24N2O2. The van der Waals surface area contributed by atoms with Gasteiger partial charge in [0.05, 0.1) is 5.60 Å². The topological polar surface area (TPSA) is 61.4 Å². The largest absolute Gasteiger partial charge is 0.388 e. The maximum Gasteiger partial charge on any atom is 0.242 e. The molecule has 2 aliphatic rings. The molecular weight excluding hydrogens is 264 g/mol. The van der Waals surface area contributed by atoms with Gasteiger partial charge in [0.15, 0.2) is 0 Å². The maximum absolute atomic E-state index is 12.3. The lowest BCUT2D eigenvalue weighted by Gasteiger charge is -2.35. The smallest absolute Gasteiger partial charge is 0.242 e. The summed E-state index contributed by atoms with van der Waals surface area (Å²) in [5, 5.41) is 16.8. The average molecular weight is 288 g/mol. The summed E-state index contributed by atoms with van der Waals surface area (Å²) in [5.41, 5.74) is 1.50. The van der Waals surface area contributed by atoms with Gasteiger partial charge in [0.1, 0.15) is 6.04 Å². The second-order valence-electron chi connectivity index (χ2n) is 6.70. The number of hydrogen-bond acceptors (Lipinski definition) is 3. The highest BCUT2D eigenvalue weighted by atomic mass is 16.3. The summed E-state index contributed by atoms with van der Waals surface area (Å²) in [4.78, 5) is 12.3. The Labute approximate surface area is 125 Å². The van der Waals surface area contributed by atoms with Crippen LogP contribution in [0.5, 0.6) is 0 Å². The van der Waals surface area contributed by atoms with Gasteiger partial charge in [-0.25, -0.2) is 0 Å². The van der Waals surface area contributed by atoms with Crippen molar-refractivity contribution >= 4 is 11.6 Å². The Balaban J connectivity index is 1.54. The van der Waals surface area contributed by atoms with Gasteiger partial charge in [-0.15, -0.1) is 0 Å². The summed E-state index contributed by atoms with van der Waals surface area (Å²) in [5.74, 6) is 0.521. The first-order valence-corrected chi connectivity index (χ1v) is 7.90. The number of hydrogen-bond donors (Lipinski definition) is 3. The van der Waals surface area contributed by atoms with Crippen LogP contribution in [0.25, 0.3) is 0 Å². The molecule has 0 saturated heterocycles. The predicted octanol–water partition coefficient (Wildman–Crippen LogP) is 2.08. The molecule has 2 unspecified atom stereocenters. The Morgan fingerprint density at radius 3 is 3.05 bits per heavy atom. The van der Waals surface area contributed by atoms with E-state index in [1.54, 1.807) is 0 Å². The van der Waals surface area contributed by atoms with Gasteiger partial charge < -0.3 is 15.7 Å². The summed E-state index contributed by atoms with van der Waals surface area (Å²) in [6, 6.07) is 7.79. The van der Waals surface area contributed by atoms with Crippen molar-refractivity contribution in [2.45, 2.75) is 50.7 Å². The van der Waals surface area contributed by atoms with Gasteiger partial charge in [0, 0.05) is 18.7 Å². The Bertz CT molecular complexity index is 506. The van der Waals surface area contributed by atoms with Gasteiger partial charge in [0.25, 0.3) is 0 Å². The van der Waals surface area contributed by atoms with Gasteiger partial charge >= 0.3 is 0 Å². The zero-order valence-electron chi connectivity index (χ0n) is 12.6. The van der Waals surface area contributed by atoms with Gasteiger partial charge in [-0.05, 0) is 30.4 Å². The van der Waals surface area contributed by atoms with E-state index >= 15 is 0 Å². The number of amides is 1. The van der Waals surface area contributed by atoms with E-state index < -0.39 is 5.60 Å². The number of benzene rings is 1. The molecule has 1 fully saturated rings. The summed E-state index contributed by atoms with van der Waals surface area (Å²) in [6.45, 7) is 2.53. The highest BCUT2D eigenvalue weighted by Crippen LogP contribution is 2.32. The number of carbonyl (C=O) groups excluding carboxylic acids is 1. The SMILES string of the molecule is CC1CCCC(O)(CNC(=O)[C@@H]2Cc3ccccc3N2)C1. The molecule has 0 spiro atoms. The van der Waals surface area contributed by atoms with Gasteiger partial charge in [-0.2, -0.15) is 0 Å². The Morgan fingerprint density at radius 1 is 1.48 bits per heavy atom. The summed E-state index contributed by atoms with van der Waals surface area (Å²) in [7, 11) is 0. The van der Waals surface area contributed by atoms with E-state index in [2.05, 4.69) is 17.6 Å². The Hall–Kier alpha value is -1.55. The van der Waals surface area contributed by atoms with E-state index in [0.29, 0.717) is 12.5 Å². The van der Waals surface area contributed by atoms with E-state index in [1.807, 2.05) is 24.3 Å². The van der Waals surface area contributed by atoms with Crippen molar-refractivity contribution in [1.29, 1.82) is 0 Å². The van der Waals surface area contributed by atoms with Crippen LogP contribution in [-0.2, 0) is 11.2 Å². The molecule has 0 aromatic heterocycles. The van der Waals surface area contributed by atoms with Crippen molar-refractivity contribution in [3.8, 4) is 0 Å². The fourth-order valence-corrected chi connectivity index (χ4v) is 3.62. The van der Waals surface area contributed by atoms with Crippen LogP contribution in [0.3, 0.4) is 0 Å². The van der Waals surface area contributed by atoms with E-state index in [4.69, 9.17) is 0 Å². The standard InChI is InChI=1S/C17H24N2O2/c1-12-5-4-8-17(21,10-12)11-18-16(20)15-9-13-6-2-3-7-14(13)19-15/h2-3,6-7,12,15,19,21H,4-5,8-11H2,1H3,(H,18,20)/t12?,15-,17?/m0/s1. The van der Waals surface area contributed by atoms with Crippen LogP contribution < -0.4 is 10.6 Å². The van der Waals surface area contributed by atoms with Crippen molar-refractivity contribution in [3.05, 3.63) is 29.8 Å². The lowest BCUT2D eigenvalue weighted by molar-refractivity contribution is -0.123. The van der Waals surface area contributed by atoms with Gasteiger partial charge in [-0.3, -0.25) is 4.79 Å². The number of nitrogens with one attached hydrogen (secondary N) is 2. The fraction of sp³-hybridized carbons (Fsp3) is 0.588. The van der Waals surface area contributed by atoms with Crippen LogP contribution in [-0.4, -0.2) is 29.2 Å². The monoisotopic (exact) mass is 288 g/mol. The molecule has 3 rings (SSSR count). The lowest BCUT2D eigenvalue weighted by atomic mass is 9.79. The van der Waals surface area contributed by atoms with Crippen LogP contribution in [0.2, 0.25) is 0 Å². The molecule has 1 aliphatic carbocycles. The molecule has 0 radical (unpaired) electrons. The third kappa shape index (κ3) is 3.21. The molecule has 4 nitrogen and oxygen atoms in total. The van der Waals surface area contributed by atoms with Crippen molar-refractivity contribution < 1.29 is 9.90 Å². The fourth-order valence-electron chi connectivity index (χ4n) is 3.62. The molecule has 1 aromatic rings. The second-order valence-corrected chi connectivity index (χ2v) is 6.70. The molecule has 21 heavy (non-hydrogen) atoms. The minimum atomic E-state index is -0.723. The summed E-state index contributed by atoms with van der Waals surface area (Å²) < 4.78 is 0. The van der Waals surface area contributed by atoms with Crippen LogP contribution in [0.4, 0.5) is 5.69 Å². The first-order valence-electron chi connectivity index (χ1n) is 7.90. The minimum absolute atomic E-state index is 0.0159. The number of rotatable bonds is 3. The highest BCUT2D eigenvalue weighted by Gasteiger charge is 2.34. The van der Waals surface area contributed by atoms with Crippen molar-refractivity contribution in [2.24, 2.45) is 5.92 Å². The van der Waals surface area contributed by atoms with Crippen LogP contribution in [0, 0.1) is 5.92 Å². The second kappa shape index (κ2) is 5.68. The van der Waals surface area contributed by atoms with Gasteiger partial charge in [-0.1, -0.05) is 38.0 Å². The molecule has 1 aromatic carbocycles. The quantitative estimate of drug-likeness (QED) is 0.798. The van der Waals surface area contributed by atoms with Gasteiger partial charge in [0.2, 0.25) is 5.91 Å². The average Bonchev–Trinajstić information content (AvgIpc) is 2.88. The molecule has 114 valence electrons. The molecule has 0 bridgehead atoms. The lowest BCUT2D eigenvalue weighted by Crippen LogP contribution is -2.49. The normalized spacial score (nSPS) is 31.3. The zero-order valence-corrected chi connectivity index (χ0v) is 12.6. The summed E-state index contributed by atoms with van der Waals surface area (Å²) >= 11 is 0. The molecule has 1 aliphatic heterocycles. The predicted molar refractivity (Wildman–Crippen MR) is 83.1 cm³/mol. The molecule has 3 N–H and O–H groups in total. The summed E-state index contributed by atoms with van der Waals surface area (Å²) in [6.07, 6.45) is 4.51. The molecule has 1 amide bonds. The molecule has 1 saturated carbocycles. The molecule has 4 heteroatoms. The highest BCUT2D eigenvalue weighted by molar-refractivity contribution is 5.87. The van der Waals surface area contributed by atoms with E-state index in [-0.39, 0.29) is 11.9 Å². The Morgan fingerprint density at radius 2 is 2.29 bits per heavy atom. The van der Waals surface area contributed by atoms with Crippen LogP contribution in [0.1, 0.15) is 38.2 Å². The number of para-hydroxylation sites is 1. The number of anilines is 1. The molecule has 1 heterocycles. The van der Waals surface area contributed by atoms with Crippen molar-refractivity contribution in [3.63, 3.8) is 0 Å². The number of fused-ring (bicyclic) bond motifs is 1. The third-order valence-electron chi connectivity index (χ3n) is 4.75. The zero-order chi connectivity index (χ0) is 14.9. The number of carbonyl (C=O) groups is 1. The third-order valence-corrected chi connectivity index (χ3v) is 4.75. The van der Waals surface area contributed by atoms with E-state index in [1.165, 1.54) is 12.0 Å². The Kier molecular flexibility index (Phi) is 3.89. The van der Waals surface area contributed by atoms with E-state index in [0.717, 1.165) is 31.4 Å². The number of aliphatic hydroxyl groups is 1. The van der Waals surface area contributed by atoms with Crippen molar-refractivity contribution in [1.82, 2.24) is 5.32 Å². The van der Waals surface area contributed by atoms with Crippen LogP contribution in [0.15, 0.2) is 24.3 Å². The first-order chi connectivity index (χ1) is 10.1. The van der Waals surface area contributed by atoms with Crippen LogP contribution >= 0.6 is 0 Å². The van der Waals surface area contributed by atoms with Crippen molar-refractivity contribution in [2.75, 3.05) is 11.9 Å². The van der Waals surface area contributed by atoms with E-state index in [9.17, 15) is 9.90 Å². The molecule has 3 atom stereocenters. The minimum Gasteiger partial charge on any atom is -0.388 e. The first kappa shape index (κ1) is 14.4. The maximum atomic E-state index is 12.3.